The molecule has 6 nitrogen and oxygen atoms in total. The van der Waals surface area contributed by atoms with Crippen LogP contribution in [0.2, 0.25) is 0 Å². The minimum Gasteiger partial charge on any atom is -0.462 e. The van der Waals surface area contributed by atoms with Crippen molar-refractivity contribution in [2.75, 3.05) is 11.9 Å². The number of nitrogens with zero attached hydrogens (tertiary/aromatic N) is 1. The highest BCUT2D eigenvalue weighted by Gasteiger charge is 2.20. The Morgan fingerprint density at radius 3 is 2.39 bits per heavy atom. The predicted octanol–water partition coefficient (Wildman–Crippen LogP) is 4.22. The summed E-state index contributed by atoms with van der Waals surface area (Å²) >= 11 is 0. The Morgan fingerprint density at radius 1 is 1.07 bits per heavy atom. The smallest absolute Gasteiger partial charge is 0.338 e. The van der Waals surface area contributed by atoms with Crippen molar-refractivity contribution >= 4 is 34.3 Å². The monoisotopic (exact) mass is 378 g/mol. The second-order valence-corrected chi connectivity index (χ2v) is 6.49. The number of benzene rings is 2. The van der Waals surface area contributed by atoms with Crippen LogP contribution in [-0.2, 0) is 9.53 Å². The number of esters is 1. The first-order valence-electron chi connectivity index (χ1n) is 9.11. The van der Waals surface area contributed by atoms with Gasteiger partial charge in [0.2, 0.25) is 5.91 Å². The van der Waals surface area contributed by atoms with Gasteiger partial charge in [-0.1, -0.05) is 18.2 Å². The summed E-state index contributed by atoms with van der Waals surface area (Å²) in [6.45, 7) is 5.35. The van der Waals surface area contributed by atoms with Gasteiger partial charge in [0.1, 0.15) is 6.04 Å². The highest BCUT2D eigenvalue weighted by Crippen LogP contribution is 2.26. The molecular weight excluding hydrogens is 356 g/mol. The lowest BCUT2D eigenvalue weighted by Gasteiger charge is -2.15. The van der Waals surface area contributed by atoms with Crippen molar-refractivity contribution in [2.24, 2.45) is 0 Å². The van der Waals surface area contributed by atoms with E-state index in [9.17, 15) is 14.4 Å². The SMILES string of the molecule is CCOC(=O)c1ccc(NC(=O)[C@H](C)n2cc(C(C)=O)c3ccccc32)cc1. The van der Waals surface area contributed by atoms with Crippen molar-refractivity contribution in [3.63, 3.8) is 0 Å². The molecule has 1 N–H and O–H groups in total. The van der Waals surface area contributed by atoms with Crippen LogP contribution in [0.3, 0.4) is 0 Å². The normalized spacial score (nSPS) is 11.8. The summed E-state index contributed by atoms with van der Waals surface area (Å²) in [5.74, 6) is -0.666. The predicted molar refractivity (Wildman–Crippen MR) is 108 cm³/mol. The van der Waals surface area contributed by atoms with Gasteiger partial charge in [0, 0.05) is 28.4 Å². The molecule has 6 heteroatoms. The lowest BCUT2D eigenvalue weighted by atomic mass is 10.1. The van der Waals surface area contributed by atoms with Crippen molar-refractivity contribution in [1.29, 1.82) is 0 Å². The number of carbonyl (C=O) groups is 3. The van der Waals surface area contributed by atoms with E-state index in [4.69, 9.17) is 4.74 Å². The average Bonchev–Trinajstić information content (AvgIpc) is 3.08. The second kappa shape index (κ2) is 8.08. The number of hydrogen-bond donors (Lipinski definition) is 1. The number of amides is 1. The van der Waals surface area contributed by atoms with E-state index >= 15 is 0 Å². The van der Waals surface area contributed by atoms with E-state index < -0.39 is 12.0 Å². The van der Waals surface area contributed by atoms with E-state index in [1.807, 2.05) is 24.3 Å². The number of anilines is 1. The van der Waals surface area contributed by atoms with Crippen LogP contribution in [0.5, 0.6) is 0 Å². The largest absolute Gasteiger partial charge is 0.462 e. The van der Waals surface area contributed by atoms with E-state index in [1.54, 1.807) is 48.9 Å². The fraction of sp³-hybridized carbons (Fsp3) is 0.227. The maximum atomic E-state index is 12.7. The van der Waals surface area contributed by atoms with Crippen LogP contribution in [-0.4, -0.2) is 28.8 Å². The topological polar surface area (TPSA) is 77.4 Å². The first kappa shape index (κ1) is 19.4. The van der Waals surface area contributed by atoms with Crippen molar-refractivity contribution in [1.82, 2.24) is 4.57 Å². The Balaban J connectivity index is 1.81. The molecule has 3 rings (SSSR count). The molecule has 1 amide bonds. The Hall–Kier alpha value is -3.41. The van der Waals surface area contributed by atoms with Crippen LogP contribution in [0.25, 0.3) is 10.9 Å². The minimum atomic E-state index is -0.525. The molecular formula is C22H22N2O4. The third kappa shape index (κ3) is 3.81. The highest BCUT2D eigenvalue weighted by atomic mass is 16.5. The lowest BCUT2D eigenvalue weighted by Crippen LogP contribution is -2.23. The summed E-state index contributed by atoms with van der Waals surface area (Å²) in [4.78, 5) is 36.4. The third-order valence-electron chi connectivity index (χ3n) is 4.58. The standard InChI is InChI=1S/C22H22N2O4/c1-4-28-22(27)16-9-11-17(12-10-16)23-21(26)14(2)24-13-19(15(3)25)18-7-5-6-8-20(18)24/h5-14H,4H2,1-3H3,(H,23,26)/t14-/m0/s1. The molecule has 0 bridgehead atoms. The molecule has 0 spiro atoms. The maximum absolute atomic E-state index is 12.7. The van der Waals surface area contributed by atoms with E-state index in [1.165, 1.54) is 6.92 Å². The highest BCUT2D eigenvalue weighted by molar-refractivity contribution is 6.07. The van der Waals surface area contributed by atoms with Gasteiger partial charge in [-0.25, -0.2) is 4.79 Å². The van der Waals surface area contributed by atoms with Gasteiger partial charge in [0.05, 0.1) is 12.2 Å². The summed E-state index contributed by atoms with van der Waals surface area (Å²) in [6.07, 6.45) is 1.72. The zero-order valence-corrected chi connectivity index (χ0v) is 16.1. The summed E-state index contributed by atoms with van der Waals surface area (Å²) in [5, 5.41) is 3.67. The first-order chi connectivity index (χ1) is 13.4. The Bertz CT molecular complexity index is 1030. The van der Waals surface area contributed by atoms with Crippen LogP contribution < -0.4 is 5.32 Å². The molecule has 0 saturated heterocycles. The van der Waals surface area contributed by atoms with Crippen molar-refractivity contribution in [2.45, 2.75) is 26.8 Å². The Kier molecular flexibility index (Phi) is 5.59. The van der Waals surface area contributed by atoms with Crippen molar-refractivity contribution in [3.05, 3.63) is 65.9 Å². The summed E-state index contributed by atoms with van der Waals surface area (Å²) < 4.78 is 6.75. The molecule has 0 aliphatic carbocycles. The maximum Gasteiger partial charge on any atom is 0.338 e. The number of carbonyl (C=O) groups excluding carboxylic acids is 3. The van der Waals surface area contributed by atoms with Crippen LogP contribution >= 0.6 is 0 Å². The average molecular weight is 378 g/mol. The molecule has 0 fully saturated rings. The minimum absolute atomic E-state index is 0.0443. The van der Waals surface area contributed by atoms with Gasteiger partial charge < -0.3 is 14.6 Å². The molecule has 0 aliphatic heterocycles. The summed E-state index contributed by atoms with van der Waals surface area (Å²) in [7, 11) is 0. The molecule has 28 heavy (non-hydrogen) atoms. The number of ether oxygens (including phenoxy) is 1. The molecule has 1 heterocycles. The molecule has 2 aromatic carbocycles. The fourth-order valence-corrected chi connectivity index (χ4v) is 3.08. The quantitative estimate of drug-likeness (QED) is 0.515. The van der Waals surface area contributed by atoms with Crippen LogP contribution in [0.1, 0.15) is 47.5 Å². The van der Waals surface area contributed by atoms with Gasteiger partial charge in [0.25, 0.3) is 0 Å². The number of hydrogen-bond acceptors (Lipinski definition) is 4. The Labute approximate surface area is 163 Å². The lowest BCUT2D eigenvalue weighted by molar-refractivity contribution is -0.118. The van der Waals surface area contributed by atoms with Crippen LogP contribution in [0, 0.1) is 0 Å². The zero-order chi connectivity index (χ0) is 20.3. The summed E-state index contributed by atoms with van der Waals surface area (Å²) in [5.41, 5.74) is 2.42. The molecule has 0 aliphatic rings. The molecule has 144 valence electrons. The van der Waals surface area contributed by atoms with E-state index in [-0.39, 0.29) is 11.7 Å². The number of rotatable bonds is 6. The molecule has 1 aromatic heterocycles. The van der Waals surface area contributed by atoms with Gasteiger partial charge in [0.15, 0.2) is 5.78 Å². The molecule has 0 radical (unpaired) electrons. The fourth-order valence-electron chi connectivity index (χ4n) is 3.08. The van der Waals surface area contributed by atoms with Crippen LogP contribution in [0.4, 0.5) is 5.69 Å². The van der Waals surface area contributed by atoms with Crippen LogP contribution in [0.15, 0.2) is 54.7 Å². The Morgan fingerprint density at radius 2 is 1.75 bits per heavy atom. The van der Waals surface area contributed by atoms with E-state index in [0.29, 0.717) is 23.4 Å². The number of nitrogens with one attached hydrogen (secondary N) is 1. The number of Topliss-reactive ketones (excluding diaryl/α,β-unsaturated/α-hetero) is 1. The summed E-state index contributed by atoms with van der Waals surface area (Å²) in [6, 6.07) is 13.5. The number of aromatic nitrogens is 1. The third-order valence-corrected chi connectivity index (χ3v) is 4.58. The van der Waals surface area contributed by atoms with E-state index in [2.05, 4.69) is 5.32 Å². The van der Waals surface area contributed by atoms with Gasteiger partial charge in [-0.3, -0.25) is 9.59 Å². The van der Waals surface area contributed by atoms with E-state index in [0.717, 1.165) is 10.9 Å². The zero-order valence-electron chi connectivity index (χ0n) is 16.1. The molecule has 0 unspecified atom stereocenters. The number of fused-ring (bicyclic) bond motifs is 1. The number of ketones is 1. The van der Waals surface area contributed by atoms with Crippen molar-refractivity contribution in [3.8, 4) is 0 Å². The van der Waals surface area contributed by atoms with Gasteiger partial charge in [-0.2, -0.15) is 0 Å². The number of para-hydroxylation sites is 1. The van der Waals surface area contributed by atoms with Crippen molar-refractivity contribution < 1.29 is 19.1 Å². The second-order valence-electron chi connectivity index (χ2n) is 6.49. The van der Waals surface area contributed by atoms with Gasteiger partial charge in [-0.05, 0) is 51.1 Å². The van der Waals surface area contributed by atoms with Gasteiger partial charge >= 0.3 is 5.97 Å². The molecule has 3 aromatic rings. The first-order valence-corrected chi connectivity index (χ1v) is 9.11. The van der Waals surface area contributed by atoms with Gasteiger partial charge in [-0.15, -0.1) is 0 Å². The molecule has 0 saturated carbocycles. The molecule has 1 atom stereocenters.